The second-order valence-electron chi connectivity index (χ2n) is 6.15. The summed E-state index contributed by atoms with van der Waals surface area (Å²) in [7, 11) is 0. The molecule has 0 bridgehead atoms. The van der Waals surface area contributed by atoms with E-state index in [0.29, 0.717) is 6.04 Å². The minimum atomic E-state index is 0.653. The second-order valence-corrected chi connectivity index (χ2v) is 6.15. The van der Waals surface area contributed by atoms with Gasteiger partial charge < -0.3 is 5.32 Å². The number of aromatic nitrogens is 1. The van der Waals surface area contributed by atoms with Gasteiger partial charge in [0.1, 0.15) is 5.82 Å². The molecule has 0 radical (unpaired) electrons. The zero-order valence-corrected chi connectivity index (χ0v) is 12.7. The van der Waals surface area contributed by atoms with Crippen LogP contribution >= 0.6 is 0 Å². The van der Waals surface area contributed by atoms with Crippen LogP contribution in [0.15, 0.2) is 18.3 Å². The molecule has 1 aromatic heterocycles. The molecule has 2 fully saturated rings. The van der Waals surface area contributed by atoms with Crippen LogP contribution in [-0.2, 0) is 6.54 Å². The van der Waals surface area contributed by atoms with Crippen LogP contribution in [0.25, 0.3) is 0 Å². The molecule has 2 saturated heterocycles. The van der Waals surface area contributed by atoms with Crippen molar-refractivity contribution in [3.05, 3.63) is 23.9 Å². The number of nitrogens with one attached hydrogen (secondary N) is 1. The lowest BCUT2D eigenvalue weighted by Gasteiger charge is -2.42. The van der Waals surface area contributed by atoms with Gasteiger partial charge in [0.2, 0.25) is 0 Å². The van der Waals surface area contributed by atoms with Gasteiger partial charge in [0, 0.05) is 44.5 Å². The van der Waals surface area contributed by atoms with Crippen molar-refractivity contribution in [3.8, 4) is 0 Å². The highest BCUT2D eigenvalue weighted by molar-refractivity contribution is 5.37. The van der Waals surface area contributed by atoms with Crippen LogP contribution in [-0.4, -0.2) is 53.0 Å². The van der Waals surface area contributed by atoms with E-state index in [1.807, 2.05) is 6.20 Å². The Bertz CT molecular complexity index is 448. The van der Waals surface area contributed by atoms with Gasteiger partial charge in [0.25, 0.3) is 0 Å². The van der Waals surface area contributed by atoms with Crippen LogP contribution in [0.1, 0.15) is 32.3 Å². The molecule has 2 unspecified atom stereocenters. The number of piperazine rings is 1. The van der Waals surface area contributed by atoms with Crippen molar-refractivity contribution in [2.24, 2.45) is 0 Å². The van der Waals surface area contributed by atoms with E-state index in [0.717, 1.165) is 24.9 Å². The van der Waals surface area contributed by atoms with E-state index >= 15 is 0 Å². The normalized spacial score (nSPS) is 27.5. The molecule has 3 rings (SSSR count). The number of hydrogen-bond acceptors (Lipinski definition) is 4. The zero-order chi connectivity index (χ0) is 13.9. The molecule has 4 nitrogen and oxygen atoms in total. The summed E-state index contributed by atoms with van der Waals surface area (Å²) in [6.45, 7) is 10.2. The Balaban J connectivity index is 1.66. The van der Waals surface area contributed by atoms with Crippen molar-refractivity contribution >= 4 is 5.82 Å². The van der Waals surface area contributed by atoms with E-state index in [-0.39, 0.29) is 0 Å². The van der Waals surface area contributed by atoms with Gasteiger partial charge in [-0.25, -0.2) is 4.98 Å². The minimum absolute atomic E-state index is 0.653. The van der Waals surface area contributed by atoms with Crippen LogP contribution in [0.3, 0.4) is 0 Å². The molecule has 20 heavy (non-hydrogen) atoms. The molecular weight excluding hydrogens is 248 g/mol. The average molecular weight is 274 g/mol. The maximum atomic E-state index is 4.36. The highest BCUT2D eigenvalue weighted by Crippen LogP contribution is 2.25. The van der Waals surface area contributed by atoms with Crippen molar-refractivity contribution in [3.63, 3.8) is 0 Å². The van der Waals surface area contributed by atoms with Crippen LogP contribution in [0.2, 0.25) is 0 Å². The molecular formula is C16H26N4. The first-order valence-electron chi connectivity index (χ1n) is 7.93. The van der Waals surface area contributed by atoms with Crippen molar-refractivity contribution in [1.82, 2.24) is 14.8 Å². The number of fused-ring (bicyclic) bond motifs is 1. The summed E-state index contributed by atoms with van der Waals surface area (Å²) in [4.78, 5) is 9.67. The monoisotopic (exact) mass is 274 g/mol. The van der Waals surface area contributed by atoms with Gasteiger partial charge in [-0.05, 0) is 50.9 Å². The molecule has 0 aliphatic carbocycles. The third-order valence-electron chi connectivity index (χ3n) is 4.63. The molecule has 110 valence electrons. The van der Waals surface area contributed by atoms with Gasteiger partial charge in [-0.3, -0.25) is 9.80 Å². The third kappa shape index (κ3) is 2.96. The summed E-state index contributed by atoms with van der Waals surface area (Å²) < 4.78 is 0. The number of pyridine rings is 1. The molecule has 1 aromatic rings. The zero-order valence-electron chi connectivity index (χ0n) is 12.7. The number of rotatable bonds is 4. The van der Waals surface area contributed by atoms with E-state index in [2.05, 4.69) is 46.1 Å². The molecule has 4 heteroatoms. The van der Waals surface area contributed by atoms with Crippen molar-refractivity contribution in [2.45, 2.75) is 45.3 Å². The van der Waals surface area contributed by atoms with E-state index in [9.17, 15) is 0 Å². The predicted molar refractivity (Wildman–Crippen MR) is 82.9 cm³/mol. The number of anilines is 1. The largest absolute Gasteiger partial charge is 0.370 e. The smallest absolute Gasteiger partial charge is 0.126 e. The van der Waals surface area contributed by atoms with Gasteiger partial charge in [-0.1, -0.05) is 0 Å². The lowest BCUT2D eigenvalue weighted by Crippen LogP contribution is -2.54. The average Bonchev–Trinajstić information content (AvgIpc) is 2.87. The molecule has 2 atom stereocenters. The molecule has 0 saturated carbocycles. The van der Waals surface area contributed by atoms with Gasteiger partial charge in [0.15, 0.2) is 0 Å². The molecule has 1 N–H and O–H groups in total. The Morgan fingerprint density at radius 3 is 3.15 bits per heavy atom. The highest BCUT2D eigenvalue weighted by atomic mass is 15.3. The van der Waals surface area contributed by atoms with Gasteiger partial charge in [-0.15, -0.1) is 0 Å². The Labute approximate surface area is 122 Å². The van der Waals surface area contributed by atoms with Gasteiger partial charge in [0.05, 0.1) is 0 Å². The second kappa shape index (κ2) is 6.10. The van der Waals surface area contributed by atoms with Crippen molar-refractivity contribution in [1.29, 1.82) is 0 Å². The first kappa shape index (κ1) is 13.8. The van der Waals surface area contributed by atoms with E-state index < -0.39 is 0 Å². The summed E-state index contributed by atoms with van der Waals surface area (Å²) in [5.74, 6) is 0.997. The summed E-state index contributed by atoms with van der Waals surface area (Å²) in [5.41, 5.74) is 1.37. The minimum Gasteiger partial charge on any atom is -0.370 e. The SMILES string of the molecule is CCNc1cc(CN2CC3CCCN3CC2C)ccn1. The summed E-state index contributed by atoms with van der Waals surface area (Å²) in [6, 6.07) is 5.78. The Hall–Kier alpha value is -1.13. The molecule has 0 spiro atoms. The summed E-state index contributed by atoms with van der Waals surface area (Å²) >= 11 is 0. The lowest BCUT2D eigenvalue weighted by molar-refractivity contribution is 0.0540. The van der Waals surface area contributed by atoms with Gasteiger partial charge >= 0.3 is 0 Å². The molecule has 0 aromatic carbocycles. The quantitative estimate of drug-likeness (QED) is 0.912. The summed E-state index contributed by atoms with van der Waals surface area (Å²) in [5, 5.41) is 3.30. The summed E-state index contributed by atoms with van der Waals surface area (Å²) in [6.07, 6.45) is 4.68. The topological polar surface area (TPSA) is 31.4 Å². The molecule has 3 heterocycles. The number of nitrogens with zero attached hydrogens (tertiary/aromatic N) is 3. The van der Waals surface area contributed by atoms with E-state index in [1.165, 1.54) is 38.0 Å². The first-order chi connectivity index (χ1) is 9.76. The first-order valence-corrected chi connectivity index (χ1v) is 7.93. The fourth-order valence-electron chi connectivity index (χ4n) is 3.55. The fourth-order valence-corrected chi connectivity index (χ4v) is 3.55. The van der Waals surface area contributed by atoms with Crippen LogP contribution in [0.5, 0.6) is 0 Å². The molecule has 2 aliphatic rings. The Morgan fingerprint density at radius 1 is 1.40 bits per heavy atom. The maximum Gasteiger partial charge on any atom is 0.126 e. The lowest BCUT2D eigenvalue weighted by atomic mass is 10.1. The van der Waals surface area contributed by atoms with Crippen LogP contribution < -0.4 is 5.32 Å². The highest BCUT2D eigenvalue weighted by Gasteiger charge is 2.34. The number of hydrogen-bond donors (Lipinski definition) is 1. The van der Waals surface area contributed by atoms with E-state index in [1.54, 1.807) is 0 Å². The van der Waals surface area contributed by atoms with Crippen molar-refractivity contribution < 1.29 is 0 Å². The van der Waals surface area contributed by atoms with Crippen LogP contribution in [0, 0.1) is 0 Å². The molecule has 0 amide bonds. The maximum absolute atomic E-state index is 4.36. The van der Waals surface area contributed by atoms with Crippen molar-refractivity contribution in [2.75, 3.05) is 31.5 Å². The standard InChI is InChI=1S/C16H26N4/c1-3-17-16-9-14(6-7-18-16)11-20-12-15-5-4-8-19(15)10-13(20)2/h6-7,9,13,15H,3-5,8,10-12H2,1-2H3,(H,17,18). The fraction of sp³-hybridized carbons (Fsp3) is 0.688. The van der Waals surface area contributed by atoms with E-state index in [4.69, 9.17) is 0 Å². The van der Waals surface area contributed by atoms with Gasteiger partial charge in [-0.2, -0.15) is 0 Å². The Morgan fingerprint density at radius 2 is 2.30 bits per heavy atom. The third-order valence-corrected chi connectivity index (χ3v) is 4.63. The van der Waals surface area contributed by atoms with Crippen LogP contribution in [0.4, 0.5) is 5.82 Å². The molecule has 2 aliphatic heterocycles. The predicted octanol–water partition coefficient (Wildman–Crippen LogP) is 2.18. The Kier molecular flexibility index (Phi) is 4.22.